The first kappa shape index (κ1) is 20.4. The largest absolute Gasteiger partial charge is 0.399 e. The molecule has 0 spiro atoms. The van der Waals surface area contributed by atoms with Gasteiger partial charge in [0.15, 0.2) is 11.0 Å². The van der Waals surface area contributed by atoms with Crippen LogP contribution in [-0.4, -0.2) is 62.4 Å². The van der Waals surface area contributed by atoms with Crippen molar-refractivity contribution in [1.82, 2.24) is 24.6 Å². The van der Waals surface area contributed by atoms with Crippen LogP contribution in [0.25, 0.3) is 11.4 Å². The molecule has 0 saturated carbocycles. The summed E-state index contributed by atoms with van der Waals surface area (Å²) in [5, 5.41) is 9.27. The molecule has 0 bridgehead atoms. The molecule has 1 aliphatic rings. The molecule has 2 heterocycles. The molecule has 8 heteroatoms. The molecule has 2 aromatic carbocycles. The normalized spacial score (nSPS) is 14.8. The van der Waals surface area contributed by atoms with E-state index in [1.54, 1.807) is 0 Å². The van der Waals surface area contributed by atoms with Crippen molar-refractivity contribution in [2.45, 2.75) is 11.7 Å². The van der Waals surface area contributed by atoms with E-state index in [1.807, 2.05) is 46.8 Å². The third-order valence-corrected chi connectivity index (χ3v) is 6.31. The smallest absolute Gasteiger partial charge is 0.233 e. The van der Waals surface area contributed by atoms with Crippen molar-refractivity contribution in [1.29, 1.82) is 0 Å². The first-order valence-corrected chi connectivity index (χ1v) is 11.0. The molecular formula is C22H26N6OS. The fourth-order valence-corrected chi connectivity index (χ4v) is 4.35. The highest BCUT2D eigenvalue weighted by Crippen LogP contribution is 2.23. The molecule has 30 heavy (non-hydrogen) atoms. The maximum atomic E-state index is 12.7. The Morgan fingerprint density at radius 1 is 1.00 bits per heavy atom. The summed E-state index contributed by atoms with van der Waals surface area (Å²) in [5.74, 6) is 1.28. The van der Waals surface area contributed by atoms with Crippen molar-refractivity contribution < 1.29 is 4.79 Å². The number of anilines is 1. The van der Waals surface area contributed by atoms with Gasteiger partial charge in [-0.3, -0.25) is 9.69 Å². The second kappa shape index (κ2) is 9.32. The highest BCUT2D eigenvalue weighted by Gasteiger charge is 2.22. The molecule has 1 aliphatic heterocycles. The molecule has 0 unspecified atom stereocenters. The molecule has 1 saturated heterocycles. The molecular weight excluding hydrogens is 396 g/mol. The van der Waals surface area contributed by atoms with Crippen LogP contribution in [0.5, 0.6) is 0 Å². The second-order valence-electron chi connectivity index (χ2n) is 7.42. The molecule has 7 nitrogen and oxygen atoms in total. The summed E-state index contributed by atoms with van der Waals surface area (Å²) in [4.78, 5) is 17.0. The highest BCUT2D eigenvalue weighted by molar-refractivity contribution is 7.99. The SMILES string of the molecule is Cn1c(SCC(=O)N2CCN(Cc3ccccc3)CC2)nnc1-c1ccc(N)cc1. The number of nitrogens with zero attached hydrogens (tertiary/aromatic N) is 5. The molecule has 0 aliphatic carbocycles. The lowest BCUT2D eigenvalue weighted by Crippen LogP contribution is -2.48. The number of hydrogen-bond donors (Lipinski definition) is 1. The Labute approximate surface area is 180 Å². The first-order valence-electron chi connectivity index (χ1n) is 10.0. The topological polar surface area (TPSA) is 80.3 Å². The van der Waals surface area contributed by atoms with E-state index in [4.69, 9.17) is 5.73 Å². The van der Waals surface area contributed by atoms with Crippen molar-refractivity contribution in [2.24, 2.45) is 7.05 Å². The van der Waals surface area contributed by atoms with Gasteiger partial charge in [-0.25, -0.2) is 0 Å². The van der Waals surface area contributed by atoms with Gasteiger partial charge in [0, 0.05) is 51.0 Å². The maximum Gasteiger partial charge on any atom is 0.233 e. The van der Waals surface area contributed by atoms with Crippen molar-refractivity contribution in [2.75, 3.05) is 37.7 Å². The summed E-state index contributed by atoms with van der Waals surface area (Å²) in [6, 6.07) is 18.0. The zero-order valence-electron chi connectivity index (χ0n) is 17.1. The van der Waals surface area contributed by atoms with Crippen LogP contribution in [0.3, 0.4) is 0 Å². The molecule has 1 fully saturated rings. The lowest BCUT2D eigenvalue weighted by atomic mass is 10.2. The van der Waals surface area contributed by atoms with Gasteiger partial charge in [0.1, 0.15) is 0 Å². The van der Waals surface area contributed by atoms with Crippen molar-refractivity contribution in [3.63, 3.8) is 0 Å². The number of benzene rings is 2. The average Bonchev–Trinajstić information content (AvgIpc) is 3.14. The molecule has 156 valence electrons. The number of piperazine rings is 1. The van der Waals surface area contributed by atoms with Gasteiger partial charge >= 0.3 is 0 Å². The number of hydrogen-bond acceptors (Lipinski definition) is 6. The highest BCUT2D eigenvalue weighted by atomic mass is 32.2. The number of carbonyl (C=O) groups excluding carboxylic acids is 1. The fraction of sp³-hybridized carbons (Fsp3) is 0.318. The second-order valence-corrected chi connectivity index (χ2v) is 8.36. The summed E-state index contributed by atoms with van der Waals surface area (Å²) in [6.07, 6.45) is 0. The van der Waals surface area contributed by atoms with Gasteiger partial charge in [-0.2, -0.15) is 0 Å². The van der Waals surface area contributed by atoms with Crippen LogP contribution >= 0.6 is 11.8 Å². The van der Waals surface area contributed by atoms with E-state index in [0.29, 0.717) is 11.4 Å². The Bertz CT molecular complexity index is 981. The van der Waals surface area contributed by atoms with E-state index >= 15 is 0 Å². The minimum atomic E-state index is 0.149. The number of nitrogen functional groups attached to an aromatic ring is 1. The van der Waals surface area contributed by atoms with Crippen LogP contribution in [0.15, 0.2) is 59.8 Å². The number of carbonyl (C=O) groups is 1. The predicted molar refractivity (Wildman–Crippen MR) is 120 cm³/mol. The van der Waals surface area contributed by atoms with Gasteiger partial charge in [0.2, 0.25) is 5.91 Å². The number of nitrogens with two attached hydrogens (primary N) is 1. The van der Waals surface area contributed by atoms with E-state index < -0.39 is 0 Å². The maximum absolute atomic E-state index is 12.7. The zero-order chi connectivity index (χ0) is 20.9. The predicted octanol–water partition coefficient (Wildman–Crippen LogP) is 2.50. The van der Waals surface area contributed by atoms with E-state index in [-0.39, 0.29) is 5.91 Å². The zero-order valence-corrected chi connectivity index (χ0v) is 17.9. The van der Waals surface area contributed by atoms with Crippen LogP contribution in [-0.2, 0) is 18.4 Å². The minimum absolute atomic E-state index is 0.149. The van der Waals surface area contributed by atoms with E-state index in [1.165, 1.54) is 17.3 Å². The number of thioether (sulfide) groups is 1. The van der Waals surface area contributed by atoms with Crippen LogP contribution in [0, 0.1) is 0 Å². The average molecular weight is 423 g/mol. The Kier molecular flexibility index (Phi) is 6.35. The van der Waals surface area contributed by atoms with Gasteiger partial charge in [-0.05, 0) is 29.8 Å². The minimum Gasteiger partial charge on any atom is -0.399 e. The molecule has 3 aromatic rings. The van der Waals surface area contributed by atoms with Gasteiger partial charge in [0.25, 0.3) is 0 Å². The third-order valence-electron chi connectivity index (χ3n) is 5.30. The van der Waals surface area contributed by atoms with E-state index in [2.05, 4.69) is 39.4 Å². The standard InChI is InChI=1S/C22H26N6OS/c1-26-21(18-7-9-19(23)10-8-18)24-25-22(26)30-16-20(29)28-13-11-27(12-14-28)15-17-5-3-2-4-6-17/h2-10H,11-16,23H2,1H3. The molecule has 0 atom stereocenters. The van der Waals surface area contributed by atoms with Crippen LogP contribution in [0.1, 0.15) is 5.56 Å². The number of amides is 1. The summed E-state index contributed by atoms with van der Waals surface area (Å²) in [7, 11) is 1.92. The van der Waals surface area contributed by atoms with Crippen molar-refractivity contribution in [3.8, 4) is 11.4 Å². The monoisotopic (exact) mass is 422 g/mol. The number of aromatic nitrogens is 3. The summed E-state index contributed by atoms with van der Waals surface area (Å²) in [5.41, 5.74) is 8.73. The molecule has 2 N–H and O–H groups in total. The molecule has 0 radical (unpaired) electrons. The van der Waals surface area contributed by atoms with Gasteiger partial charge in [0.05, 0.1) is 5.75 Å². The van der Waals surface area contributed by atoms with Crippen molar-refractivity contribution >= 4 is 23.4 Å². The third kappa shape index (κ3) is 4.83. The lowest BCUT2D eigenvalue weighted by molar-refractivity contribution is -0.130. The first-order chi connectivity index (χ1) is 14.6. The van der Waals surface area contributed by atoms with Crippen LogP contribution < -0.4 is 5.73 Å². The van der Waals surface area contributed by atoms with Gasteiger partial charge in [-0.1, -0.05) is 42.1 Å². The Hall–Kier alpha value is -2.84. The fourth-order valence-electron chi connectivity index (χ4n) is 3.54. The summed E-state index contributed by atoms with van der Waals surface area (Å²) >= 11 is 1.43. The van der Waals surface area contributed by atoms with Gasteiger partial charge in [-0.15, -0.1) is 10.2 Å². The van der Waals surface area contributed by atoms with Crippen LogP contribution in [0.4, 0.5) is 5.69 Å². The Balaban J connectivity index is 1.28. The summed E-state index contributed by atoms with van der Waals surface area (Å²) in [6.45, 7) is 4.26. The van der Waals surface area contributed by atoms with Crippen LogP contribution in [0.2, 0.25) is 0 Å². The van der Waals surface area contributed by atoms with E-state index in [9.17, 15) is 4.79 Å². The lowest BCUT2D eigenvalue weighted by Gasteiger charge is -2.34. The van der Waals surface area contributed by atoms with E-state index in [0.717, 1.165) is 49.3 Å². The Morgan fingerprint density at radius 2 is 1.70 bits per heavy atom. The molecule has 1 aromatic heterocycles. The van der Waals surface area contributed by atoms with Crippen molar-refractivity contribution in [3.05, 3.63) is 60.2 Å². The molecule has 4 rings (SSSR count). The molecule has 1 amide bonds. The summed E-state index contributed by atoms with van der Waals surface area (Å²) < 4.78 is 1.92. The van der Waals surface area contributed by atoms with Gasteiger partial charge < -0.3 is 15.2 Å². The quantitative estimate of drug-likeness (QED) is 0.486. The Morgan fingerprint density at radius 3 is 2.40 bits per heavy atom. The number of rotatable bonds is 6.